The van der Waals surface area contributed by atoms with Crippen molar-refractivity contribution < 1.29 is 17.7 Å². The first kappa shape index (κ1) is 20.6. The van der Waals surface area contributed by atoms with Gasteiger partial charge < -0.3 is 4.52 Å². The first-order valence-electron chi connectivity index (χ1n) is 9.66. The van der Waals surface area contributed by atoms with E-state index in [1.54, 1.807) is 36.4 Å². The Balaban J connectivity index is 1.56. The number of hydrogen-bond donors (Lipinski definition) is 1. The number of nitrogens with zero attached hydrogens (tertiary/aromatic N) is 1. The fraction of sp³-hybridized carbons (Fsp3) is 0.0833. The van der Waals surface area contributed by atoms with Crippen LogP contribution in [-0.4, -0.2) is 19.5 Å². The van der Waals surface area contributed by atoms with Crippen LogP contribution >= 0.6 is 0 Å². The van der Waals surface area contributed by atoms with Crippen LogP contribution in [0, 0.1) is 6.92 Å². The molecule has 31 heavy (non-hydrogen) atoms. The van der Waals surface area contributed by atoms with Crippen molar-refractivity contribution in [3.05, 3.63) is 96.3 Å². The van der Waals surface area contributed by atoms with Crippen LogP contribution in [0.2, 0.25) is 0 Å². The van der Waals surface area contributed by atoms with Crippen molar-refractivity contribution in [2.45, 2.75) is 18.2 Å². The van der Waals surface area contributed by atoms with Gasteiger partial charge in [0.1, 0.15) is 11.5 Å². The molecule has 0 radical (unpaired) electrons. The summed E-state index contributed by atoms with van der Waals surface area (Å²) in [6, 6.07) is 24.9. The van der Waals surface area contributed by atoms with Gasteiger partial charge in [0.25, 0.3) is 10.0 Å². The minimum absolute atomic E-state index is 0.00744. The van der Waals surface area contributed by atoms with Gasteiger partial charge in [-0.1, -0.05) is 78.0 Å². The highest BCUT2D eigenvalue weighted by Gasteiger charge is 2.20. The summed E-state index contributed by atoms with van der Waals surface area (Å²) in [6.45, 7) is 1.81. The van der Waals surface area contributed by atoms with Gasteiger partial charge >= 0.3 is 0 Å². The molecule has 1 N–H and O–H groups in total. The van der Waals surface area contributed by atoms with E-state index in [0.717, 1.165) is 22.3 Å². The molecule has 4 rings (SSSR count). The minimum Gasteiger partial charge on any atom is -0.360 e. The van der Waals surface area contributed by atoms with Crippen molar-refractivity contribution in [2.75, 3.05) is 0 Å². The molecule has 0 aliphatic rings. The lowest BCUT2D eigenvalue weighted by Gasteiger charge is -2.08. The fourth-order valence-corrected chi connectivity index (χ4v) is 4.32. The van der Waals surface area contributed by atoms with Crippen LogP contribution in [0.1, 0.15) is 11.3 Å². The average Bonchev–Trinajstić information content (AvgIpc) is 3.16. The Kier molecular flexibility index (Phi) is 5.68. The normalized spacial score (nSPS) is 11.3. The van der Waals surface area contributed by atoms with Gasteiger partial charge in [-0.3, -0.25) is 4.79 Å². The lowest BCUT2D eigenvalue weighted by Crippen LogP contribution is -2.31. The summed E-state index contributed by atoms with van der Waals surface area (Å²) >= 11 is 0. The van der Waals surface area contributed by atoms with E-state index >= 15 is 0 Å². The molecule has 1 amide bonds. The number of nitrogens with one attached hydrogen (secondary N) is 1. The third kappa shape index (κ3) is 4.57. The number of aryl methyl sites for hydroxylation is 1. The Morgan fingerprint density at radius 1 is 0.871 bits per heavy atom. The van der Waals surface area contributed by atoms with Crippen LogP contribution in [0.4, 0.5) is 0 Å². The van der Waals surface area contributed by atoms with E-state index in [4.69, 9.17) is 4.52 Å². The van der Waals surface area contributed by atoms with Gasteiger partial charge in [0, 0.05) is 5.56 Å². The zero-order valence-corrected chi connectivity index (χ0v) is 17.6. The molecule has 0 saturated carbocycles. The maximum atomic E-state index is 12.6. The van der Waals surface area contributed by atoms with Crippen LogP contribution in [0.25, 0.3) is 22.4 Å². The van der Waals surface area contributed by atoms with Gasteiger partial charge in [-0.15, -0.1) is 0 Å². The summed E-state index contributed by atoms with van der Waals surface area (Å²) in [5.41, 5.74) is 3.89. The minimum atomic E-state index is -3.98. The average molecular weight is 433 g/mol. The van der Waals surface area contributed by atoms with Crippen molar-refractivity contribution in [3.8, 4) is 22.4 Å². The molecule has 0 fully saturated rings. The molecule has 0 aliphatic carbocycles. The number of hydrogen-bond acceptors (Lipinski definition) is 5. The van der Waals surface area contributed by atoms with Crippen LogP contribution in [0.3, 0.4) is 0 Å². The quantitative estimate of drug-likeness (QED) is 0.489. The van der Waals surface area contributed by atoms with E-state index in [-0.39, 0.29) is 11.3 Å². The molecule has 4 aromatic rings. The number of benzene rings is 3. The van der Waals surface area contributed by atoms with Crippen LogP contribution in [-0.2, 0) is 21.2 Å². The monoisotopic (exact) mass is 432 g/mol. The van der Waals surface area contributed by atoms with E-state index in [9.17, 15) is 13.2 Å². The van der Waals surface area contributed by atoms with Crippen LogP contribution < -0.4 is 4.72 Å². The largest absolute Gasteiger partial charge is 0.360 e. The molecule has 0 aliphatic heterocycles. The van der Waals surface area contributed by atoms with Gasteiger partial charge in [0.15, 0.2) is 0 Å². The number of amides is 1. The summed E-state index contributed by atoms with van der Waals surface area (Å²) in [5.74, 6) is 0.0437. The molecule has 0 saturated heterocycles. The molecular formula is C24H20N2O4S. The molecule has 6 nitrogen and oxygen atoms in total. The van der Waals surface area contributed by atoms with Crippen molar-refractivity contribution in [3.63, 3.8) is 0 Å². The summed E-state index contributed by atoms with van der Waals surface area (Å²) < 4.78 is 32.8. The second-order valence-corrected chi connectivity index (χ2v) is 8.73. The third-order valence-corrected chi connectivity index (χ3v) is 6.21. The molecule has 0 unspecified atom stereocenters. The van der Waals surface area contributed by atoms with Crippen LogP contribution in [0.5, 0.6) is 0 Å². The van der Waals surface area contributed by atoms with Gasteiger partial charge in [0.2, 0.25) is 5.91 Å². The molecule has 1 heterocycles. The van der Waals surface area contributed by atoms with Crippen molar-refractivity contribution in [1.29, 1.82) is 0 Å². The van der Waals surface area contributed by atoms with Crippen LogP contribution in [0.15, 0.2) is 94.3 Å². The SMILES string of the molecule is Cc1onc(-c2ccccc2)c1-c1ccc(S(=O)(=O)NC(=O)Cc2ccccc2)cc1. The number of carbonyl (C=O) groups is 1. The first-order valence-corrected chi connectivity index (χ1v) is 11.1. The molecule has 0 atom stereocenters. The Bertz CT molecular complexity index is 1300. The third-order valence-electron chi connectivity index (χ3n) is 4.82. The molecule has 0 bridgehead atoms. The predicted molar refractivity (Wildman–Crippen MR) is 118 cm³/mol. The molecule has 7 heteroatoms. The van der Waals surface area contributed by atoms with E-state index in [0.29, 0.717) is 11.5 Å². The Hall–Kier alpha value is -3.71. The Morgan fingerprint density at radius 2 is 1.48 bits per heavy atom. The van der Waals surface area contributed by atoms with E-state index in [1.807, 2.05) is 43.3 Å². The predicted octanol–water partition coefficient (Wildman–Crippen LogP) is 4.36. The lowest BCUT2D eigenvalue weighted by molar-refractivity contribution is -0.118. The van der Waals surface area contributed by atoms with Gasteiger partial charge in [-0.2, -0.15) is 0 Å². The molecule has 3 aromatic carbocycles. The Morgan fingerprint density at radius 3 is 2.13 bits per heavy atom. The van der Waals surface area contributed by atoms with E-state index in [2.05, 4.69) is 9.88 Å². The first-order chi connectivity index (χ1) is 14.9. The number of rotatable bonds is 6. The van der Waals surface area contributed by atoms with Gasteiger partial charge in [-0.25, -0.2) is 13.1 Å². The maximum absolute atomic E-state index is 12.6. The smallest absolute Gasteiger partial charge is 0.264 e. The second-order valence-electron chi connectivity index (χ2n) is 7.04. The molecular weight excluding hydrogens is 412 g/mol. The number of aromatic nitrogens is 1. The summed E-state index contributed by atoms with van der Waals surface area (Å²) in [6.07, 6.45) is -0.0154. The molecule has 156 valence electrons. The number of carbonyl (C=O) groups excluding carboxylic acids is 1. The van der Waals surface area contributed by atoms with Gasteiger partial charge in [0.05, 0.1) is 16.9 Å². The van der Waals surface area contributed by atoms with Gasteiger partial charge in [-0.05, 0) is 30.2 Å². The zero-order valence-electron chi connectivity index (χ0n) is 16.8. The summed E-state index contributed by atoms with van der Waals surface area (Å²) in [4.78, 5) is 12.2. The fourth-order valence-electron chi connectivity index (χ4n) is 3.33. The second kappa shape index (κ2) is 8.57. The highest BCUT2D eigenvalue weighted by molar-refractivity contribution is 7.90. The van der Waals surface area contributed by atoms with Crippen molar-refractivity contribution >= 4 is 15.9 Å². The highest BCUT2D eigenvalue weighted by Crippen LogP contribution is 2.34. The number of sulfonamides is 1. The highest BCUT2D eigenvalue weighted by atomic mass is 32.2. The summed E-state index contributed by atoms with van der Waals surface area (Å²) in [7, 11) is -3.98. The summed E-state index contributed by atoms with van der Waals surface area (Å²) in [5, 5.41) is 4.16. The standard InChI is InChI=1S/C24H20N2O4S/c1-17-23(24(25-30-17)20-10-6-3-7-11-20)19-12-14-21(15-13-19)31(28,29)26-22(27)16-18-8-4-2-5-9-18/h2-15H,16H2,1H3,(H,26,27). The molecule has 0 spiro atoms. The topological polar surface area (TPSA) is 89.3 Å². The Labute approximate surface area is 180 Å². The zero-order chi connectivity index (χ0) is 21.8. The maximum Gasteiger partial charge on any atom is 0.264 e. The van der Waals surface area contributed by atoms with E-state index < -0.39 is 15.9 Å². The lowest BCUT2D eigenvalue weighted by atomic mass is 10.00. The molecule has 1 aromatic heterocycles. The van der Waals surface area contributed by atoms with Crippen molar-refractivity contribution in [1.82, 2.24) is 9.88 Å². The van der Waals surface area contributed by atoms with Crippen molar-refractivity contribution in [2.24, 2.45) is 0 Å². The van der Waals surface area contributed by atoms with E-state index in [1.165, 1.54) is 12.1 Å².